The molecule has 0 radical (unpaired) electrons. The second-order valence-electron chi connectivity index (χ2n) is 9.04. The summed E-state index contributed by atoms with van der Waals surface area (Å²) < 4.78 is 7.40. The summed E-state index contributed by atoms with van der Waals surface area (Å²) in [5.41, 5.74) is 1.24. The molecule has 2 saturated heterocycles. The fraction of sp³-hybridized carbons (Fsp3) is 0.417. The Kier molecular flexibility index (Phi) is 5.07. The second-order valence-corrected chi connectivity index (χ2v) is 9.04. The Bertz CT molecular complexity index is 1110. The van der Waals surface area contributed by atoms with Crippen LogP contribution < -0.4 is 0 Å². The highest BCUT2D eigenvalue weighted by Crippen LogP contribution is 2.50. The van der Waals surface area contributed by atoms with Crippen LogP contribution in [0.2, 0.25) is 0 Å². The van der Waals surface area contributed by atoms with Gasteiger partial charge in [-0.1, -0.05) is 0 Å². The smallest absolute Gasteiger partial charge is 0.289 e. The van der Waals surface area contributed by atoms with E-state index in [1.54, 1.807) is 29.4 Å². The molecule has 3 aromatic heterocycles. The molecule has 5 rings (SSSR count). The molecule has 5 heterocycles. The van der Waals surface area contributed by atoms with Gasteiger partial charge in [0.25, 0.3) is 5.91 Å². The number of carbonyl (C=O) groups is 2. The third kappa shape index (κ3) is 3.39. The number of likely N-dealkylation sites (tertiary alicyclic amines) is 2. The molecule has 3 aromatic rings. The van der Waals surface area contributed by atoms with E-state index in [0.717, 1.165) is 11.3 Å². The van der Waals surface area contributed by atoms with Gasteiger partial charge in [-0.2, -0.15) is 0 Å². The van der Waals surface area contributed by atoms with Crippen LogP contribution in [-0.4, -0.2) is 55.8 Å². The van der Waals surface area contributed by atoms with Crippen LogP contribution in [0.3, 0.4) is 0 Å². The first kappa shape index (κ1) is 20.5. The number of imidazole rings is 1. The monoisotopic (exact) mass is 433 g/mol. The molecule has 0 unspecified atom stereocenters. The van der Waals surface area contributed by atoms with Crippen LogP contribution in [0.1, 0.15) is 54.0 Å². The lowest BCUT2D eigenvalue weighted by Crippen LogP contribution is -2.40. The first-order chi connectivity index (χ1) is 15.5. The number of amides is 2. The predicted molar refractivity (Wildman–Crippen MR) is 117 cm³/mol. The lowest BCUT2D eigenvalue weighted by molar-refractivity contribution is -0.136. The fourth-order valence-corrected chi connectivity index (χ4v) is 5.00. The Balaban J connectivity index is 1.47. The zero-order chi connectivity index (χ0) is 22.3. The van der Waals surface area contributed by atoms with Gasteiger partial charge < -0.3 is 18.8 Å². The van der Waals surface area contributed by atoms with Crippen LogP contribution in [-0.2, 0) is 11.3 Å². The molecule has 2 atom stereocenters. The summed E-state index contributed by atoms with van der Waals surface area (Å²) in [5, 5.41) is 0. The number of rotatable bonds is 5. The van der Waals surface area contributed by atoms with E-state index in [9.17, 15) is 9.59 Å². The number of aromatic nitrogens is 3. The van der Waals surface area contributed by atoms with Gasteiger partial charge in [-0.05, 0) is 50.1 Å². The van der Waals surface area contributed by atoms with E-state index in [0.29, 0.717) is 38.4 Å². The molecule has 0 aliphatic carbocycles. The Morgan fingerprint density at radius 1 is 1.28 bits per heavy atom. The van der Waals surface area contributed by atoms with E-state index in [2.05, 4.69) is 23.8 Å². The van der Waals surface area contributed by atoms with Crippen molar-refractivity contribution in [2.24, 2.45) is 5.41 Å². The molecule has 0 N–H and O–H groups in total. The maximum atomic E-state index is 13.8. The summed E-state index contributed by atoms with van der Waals surface area (Å²) >= 11 is 0. The van der Waals surface area contributed by atoms with E-state index in [4.69, 9.17) is 4.42 Å². The highest BCUT2D eigenvalue weighted by Gasteiger charge is 2.58. The molecule has 32 heavy (non-hydrogen) atoms. The number of hydrogen-bond acceptors (Lipinski definition) is 5. The van der Waals surface area contributed by atoms with Gasteiger partial charge in [0.05, 0.1) is 23.7 Å². The van der Waals surface area contributed by atoms with Gasteiger partial charge in [0.1, 0.15) is 0 Å². The van der Waals surface area contributed by atoms with Gasteiger partial charge in [0, 0.05) is 56.7 Å². The number of pyridine rings is 1. The van der Waals surface area contributed by atoms with Gasteiger partial charge >= 0.3 is 0 Å². The van der Waals surface area contributed by atoms with Crippen molar-refractivity contribution in [3.05, 3.63) is 72.5 Å². The molecule has 8 heteroatoms. The van der Waals surface area contributed by atoms with Gasteiger partial charge in [-0.25, -0.2) is 4.98 Å². The molecule has 2 amide bonds. The summed E-state index contributed by atoms with van der Waals surface area (Å²) in [6.45, 7) is 6.22. The lowest BCUT2D eigenvalue weighted by atomic mass is 9.75. The van der Waals surface area contributed by atoms with Crippen LogP contribution >= 0.6 is 0 Å². The molecule has 166 valence electrons. The van der Waals surface area contributed by atoms with Crippen LogP contribution in [0.4, 0.5) is 0 Å². The average Bonchev–Trinajstić information content (AvgIpc) is 3.58. The summed E-state index contributed by atoms with van der Waals surface area (Å²) in [4.78, 5) is 39.3. The van der Waals surface area contributed by atoms with Crippen molar-refractivity contribution in [2.75, 3.05) is 19.6 Å². The zero-order valence-corrected chi connectivity index (χ0v) is 18.3. The summed E-state index contributed by atoms with van der Waals surface area (Å²) in [7, 11) is 0. The summed E-state index contributed by atoms with van der Waals surface area (Å²) in [6, 6.07) is 7.51. The SMILES string of the molecule is CC(C)n1cnc([C@@H]2CN(C(=O)c3ccco3)C[C@@]23CCN(Cc2ccncc2)C3=O)c1. The van der Waals surface area contributed by atoms with Crippen molar-refractivity contribution in [1.82, 2.24) is 24.3 Å². The number of nitrogens with zero attached hydrogens (tertiary/aromatic N) is 5. The first-order valence-corrected chi connectivity index (χ1v) is 11.0. The maximum absolute atomic E-state index is 13.8. The van der Waals surface area contributed by atoms with E-state index in [1.165, 1.54) is 6.26 Å². The molecule has 2 aliphatic rings. The van der Waals surface area contributed by atoms with E-state index < -0.39 is 5.41 Å². The lowest BCUT2D eigenvalue weighted by Gasteiger charge is -2.27. The molecule has 1 spiro atoms. The third-order valence-electron chi connectivity index (χ3n) is 6.80. The van der Waals surface area contributed by atoms with E-state index in [-0.39, 0.29) is 23.8 Å². The van der Waals surface area contributed by atoms with E-state index >= 15 is 0 Å². The van der Waals surface area contributed by atoms with Gasteiger partial charge in [-0.3, -0.25) is 14.6 Å². The highest BCUT2D eigenvalue weighted by atomic mass is 16.3. The molecule has 0 aromatic carbocycles. The topological polar surface area (TPSA) is 84.5 Å². The van der Waals surface area contributed by atoms with Crippen molar-refractivity contribution in [3.8, 4) is 0 Å². The molecule has 0 bridgehead atoms. The minimum Gasteiger partial charge on any atom is -0.459 e. The predicted octanol–water partition coefficient (Wildman–Crippen LogP) is 3.11. The van der Waals surface area contributed by atoms with Crippen LogP contribution in [0.5, 0.6) is 0 Å². The van der Waals surface area contributed by atoms with Crippen molar-refractivity contribution in [2.45, 2.75) is 38.8 Å². The van der Waals surface area contributed by atoms with Crippen molar-refractivity contribution < 1.29 is 14.0 Å². The van der Waals surface area contributed by atoms with Gasteiger partial charge in [0.15, 0.2) is 5.76 Å². The van der Waals surface area contributed by atoms with E-state index in [1.807, 2.05) is 34.1 Å². The van der Waals surface area contributed by atoms with Gasteiger partial charge in [-0.15, -0.1) is 0 Å². The van der Waals surface area contributed by atoms with Crippen molar-refractivity contribution >= 4 is 11.8 Å². The summed E-state index contributed by atoms with van der Waals surface area (Å²) in [6.07, 6.45) is 9.52. The molecular weight excluding hydrogens is 406 g/mol. The third-order valence-corrected chi connectivity index (χ3v) is 6.80. The fourth-order valence-electron chi connectivity index (χ4n) is 5.00. The quantitative estimate of drug-likeness (QED) is 0.617. The van der Waals surface area contributed by atoms with Gasteiger partial charge in [0.2, 0.25) is 5.91 Å². The molecule has 2 aliphatic heterocycles. The standard InChI is InChI=1S/C24H27N5O3/c1-17(2)29-14-20(26-16-29)19-13-28(22(30)21-4-3-11-32-21)15-24(19)7-10-27(23(24)31)12-18-5-8-25-9-6-18/h3-6,8-9,11,14,16-17,19H,7,10,12-13,15H2,1-2H3/t19-,24-/m0/s1. The molecule has 8 nitrogen and oxygen atoms in total. The Hall–Kier alpha value is -3.42. The van der Waals surface area contributed by atoms with Crippen LogP contribution in [0.15, 0.2) is 59.9 Å². The maximum Gasteiger partial charge on any atom is 0.289 e. The minimum atomic E-state index is -0.675. The van der Waals surface area contributed by atoms with Crippen LogP contribution in [0.25, 0.3) is 0 Å². The molecule has 2 fully saturated rings. The molecular formula is C24H27N5O3. The number of hydrogen-bond donors (Lipinski definition) is 0. The summed E-state index contributed by atoms with van der Waals surface area (Å²) in [5.74, 6) is 0.0534. The normalized spacial score (nSPS) is 23.1. The largest absolute Gasteiger partial charge is 0.459 e. The highest BCUT2D eigenvalue weighted by molar-refractivity contribution is 5.94. The zero-order valence-electron chi connectivity index (χ0n) is 18.3. The Morgan fingerprint density at radius 2 is 2.09 bits per heavy atom. The Morgan fingerprint density at radius 3 is 2.78 bits per heavy atom. The number of carbonyl (C=O) groups excluding carboxylic acids is 2. The molecule has 0 saturated carbocycles. The average molecular weight is 434 g/mol. The van der Waals surface area contributed by atoms with Crippen LogP contribution in [0, 0.1) is 5.41 Å². The second kappa shape index (κ2) is 7.93. The minimum absolute atomic E-state index is 0.0909. The van der Waals surface area contributed by atoms with Crippen molar-refractivity contribution in [3.63, 3.8) is 0 Å². The Labute approximate surface area is 186 Å². The first-order valence-electron chi connectivity index (χ1n) is 11.0. The number of furan rings is 1. The van der Waals surface area contributed by atoms with Crippen molar-refractivity contribution in [1.29, 1.82) is 0 Å².